The summed E-state index contributed by atoms with van der Waals surface area (Å²) in [6.07, 6.45) is 0. The van der Waals surface area contributed by atoms with Crippen molar-refractivity contribution in [3.8, 4) is 0 Å². The largest absolute Gasteiger partial charge is 0.449 e. The fourth-order valence-electron chi connectivity index (χ4n) is 0.455. The van der Waals surface area contributed by atoms with E-state index in [1.54, 1.807) is 0 Å². The standard InChI is InChI=1S/H15O6Si7/c7-1-9-3-11-5-13-6-12-4-10-2-8/h7,9-13H2,8H3. The van der Waals surface area contributed by atoms with Crippen molar-refractivity contribution in [3.05, 3.63) is 0 Å². The van der Waals surface area contributed by atoms with Crippen LogP contribution >= 0.6 is 0 Å². The molecule has 6 nitrogen and oxygen atoms in total. The molecule has 0 amide bonds. The molecular weight excluding hydrogens is 293 g/mol. The van der Waals surface area contributed by atoms with Gasteiger partial charge in [-0.2, -0.15) is 0 Å². The molecule has 0 unspecified atom stereocenters. The predicted molar refractivity (Wildman–Crippen MR) is 67.7 cm³/mol. The van der Waals surface area contributed by atoms with Crippen LogP contribution in [0, 0.1) is 0 Å². The van der Waals surface area contributed by atoms with Crippen LogP contribution in [0.3, 0.4) is 0 Å². The molecule has 13 heteroatoms. The molecule has 0 aromatic rings. The van der Waals surface area contributed by atoms with Crippen molar-refractivity contribution in [1.29, 1.82) is 0 Å². The Morgan fingerprint density at radius 1 is 0.769 bits per heavy atom. The summed E-state index contributed by atoms with van der Waals surface area (Å²) < 4.78 is 30.7. The Balaban J connectivity index is 2.76. The first-order chi connectivity index (χ1) is 6.41. The van der Waals surface area contributed by atoms with Crippen LogP contribution in [0.5, 0.6) is 0 Å². The van der Waals surface area contributed by atoms with Gasteiger partial charge in [0.2, 0.25) is 0 Å². The average molecular weight is 308 g/mol. The highest BCUT2D eigenvalue weighted by molar-refractivity contribution is 6.47. The molecule has 0 fully saturated rings. The maximum absolute atomic E-state index is 5.25. The molecule has 0 aliphatic carbocycles. The smallest absolute Gasteiger partial charge is 0.286 e. The topological polar surface area (TPSA) is 55.4 Å². The molecule has 1 radical (unpaired) electrons. The number of hydrogen-bond donors (Lipinski definition) is 0. The molecule has 0 saturated heterocycles. The molecule has 0 heterocycles. The third kappa shape index (κ3) is 13.3. The summed E-state index contributed by atoms with van der Waals surface area (Å²) in [6, 6.07) is 0. The van der Waals surface area contributed by atoms with E-state index in [1.807, 2.05) is 0 Å². The third-order valence-electron chi connectivity index (χ3n) is 0.868. The van der Waals surface area contributed by atoms with Gasteiger partial charge in [0.05, 0.1) is 0 Å². The van der Waals surface area contributed by atoms with Crippen molar-refractivity contribution in [2.24, 2.45) is 0 Å². The SMILES string of the molecule is [SiH2]O[SiH2]O[SiH2]O[SiH2]O[SiH2]O[SiH2]O[SiH3]. The zero-order valence-corrected chi connectivity index (χ0v) is 18.2. The van der Waals surface area contributed by atoms with Crippen molar-refractivity contribution in [2.75, 3.05) is 0 Å². The normalized spacial score (nSPS) is 15.5. The number of hydrogen-bond acceptors (Lipinski definition) is 6. The molecule has 0 rings (SSSR count). The Labute approximate surface area is 95.7 Å². The third-order valence-corrected chi connectivity index (χ3v) is 7.81. The Bertz CT molecular complexity index is 79.1. The summed E-state index contributed by atoms with van der Waals surface area (Å²) in [4.78, 5) is 0. The van der Waals surface area contributed by atoms with E-state index in [-0.39, 0.29) is 0 Å². The Hall–Kier alpha value is 1.28. The summed E-state index contributed by atoms with van der Waals surface area (Å²) in [6.45, 7) is 0. The summed E-state index contributed by atoms with van der Waals surface area (Å²) in [5.74, 6) is 0. The van der Waals surface area contributed by atoms with Crippen molar-refractivity contribution in [1.82, 2.24) is 0 Å². The second-order valence-corrected chi connectivity index (χ2v) is 13.6. The summed E-state index contributed by atoms with van der Waals surface area (Å²) >= 11 is 0. The highest BCUT2D eigenvalue weighted by Gasteiger charge is 1.92. The minimum atomic E-state index is -0.824. The van der Waals surface area contributed by atoms with Gasteiger partial charge < -0.3 is 24.7 Å². The van der Waals surface area contributed by atoms with Gasteiger partial charge in [-0.1, -0.05) is 0 Å². The molecular formula is H15O6Si7. The maximum atomic E-state index is 5.25. The van der Waals surface area contributed by atoms with E-state index >= 15 is 0 Å². The molecule has 79 valence electrons. The fraction of sp³-hybridized carbons (Fsp3) is 0. The van der Waals surface area contributed by atoms with Crippen LogP contribution in [0.15, 0.2) is 0 Å². The monoisotopic (exact) mass is 307 g/mol. The Morgan fingerprint density at radius 2 is 1.23 bits per heavy atom. The van der Waals surface area contributed by atoms with Crippen molar-refractivity contribution in [3.63, 3.8) is 0 Å². The minimum Gasteiger partial charge on any atom is -0.449 e. The average Bonchev–Trinajstić information content (AvgIpc) is 2.16. The zero-order chi connectivity index (χ0) is 9.78. The van der Waals surface area contributed by atoms with E-state index in [4.69, 9.17) is 24.7 Å². The van der Waals surface area contributed by atoms with E-state index in [2.05, 4.69) is 0 Å². The first-order valence-electron chi connectivity index (χ1n) is 3.58. The van der Waals surface area contributed by atoms with Crippen molar-refractivity contribution in [2.45, 2.75) is 0 Å². The number of rotatable bonds is 10. The van der Waals surface area contributed by atoms with E-state index < -0.39 is 50.0 Å². The molecule has 0 aromatic carbocycles. The fourth-order valence-corrected chi connectivity index (χ4v) is 9.84. The van der Waals surface area contributed by atoms with Crippen molar-refractivity contribution < 1.29 is 24.7 Å². The van der Waals surface area contributed by atoms with Gasteiger partial charge in [0, 0.05) is 0 Å². The molecule has 0 bridgehead atoms. The van der Waals surface area contributed by atoms with Crippen LogP contribution in [-0.4, -0.2) is 71.0 Å². The maximum Gasteiger partial charge on any atom is 0.286 e. The molecule has 0 saturated carbocycles. The molecule has 0 atom stereocenters. The van der Waals surface area contributed by atoms with Gasteiger partial charge in [-0.15, -0.1) is 0 Å². The summed E-state index contributed by atoms with van der Waals surface area (Å²) in [5.41, 5.74) is 0. The lowest BCUT2D eigenvalue weighted by molar-refractivity contribution is 0.380. The quantitative estimate of drug-likeness (QED) is 0.295. The lowest BCUT2D eigenvalue weighted by atomic mass is 15.7. The van der Waals surface area contributed by atoms with Gasteiger partial charge in [0.25, 0.3) is 50.0 Å². The van der Waals surface area contributed by atoms with Crippen LogP contribution in [0.1, 0.15) is 0 Å². The zero-order valence-electron chi connectivity index (χ0n) is 7.69. The van der Waals surface area contributed by atoms with Crippen LogP contribution in [0.25, 0.3) is 0 Å². The molecule has 0 aliphatic heterocycles. The lowest BCUT2D eigenvalue weighted by Crippen LogP contribution is -2.18. The van der Waals surface area contributed by atoms with Crippen LogP contribution < -0.4 is 0 Å². The van der Waals surface area contributed by atoms with Gasteiger partial charge in [0.1, 0.15) is 10.5 Å². The first-order valence-corrected chi connectivity index (χ1v) is 10.8. The van der Waals surface area contributed by atoms with Crippen molar-refractivity contribution >= 4 is 71.0 Å². The molecule has 0 aliphatic rings. The summed E-state index contributed by atoms with van der Waals surface area (Å²) in [5, 5.41) is 0. The Kier molecular flexibility index (Phi) is 14.6. The van der Waals surface area contributed by atoms with Crippen LogP contribution in [-0.2, 0) is 24.7 Å². The minimum absolute atomic E-state index is 0.693. The van der Waals surface area contributed by atoms with Gasteiger partial charge >= 0.3 is 0 Å². The van der Waals surface area contributed by atoms with Gasteiger partial charge in [-0.05, 0) is 0 Å². The van der Waals surface area contributed by atoms with Crippen LogP contribution in [0.4, 0.5) is 0 Å². The van der Waals surface area contributed by atoms with Gasteiger partial charge in [-0.25, -0.2) is 0 Å². The van der Waals surface area contributed by atoms with E-state index in [9.17, 15) is 0 Å². The lowest BCUT2D eigenvalue weighted by Gasteiger charge is -2.05. The Morgan fingerprint density at radius 3 is 1.69 bits per heavy atom. The molecule has 13 heavy (non-hydrogen) atoms. The van der Waals surface area contributed by atoms with Crippen LogP contribution in [0.2, 0.25) is 0 Å². The highest BCUT2D eigenvalue weighted by atomic mass is 28.4. The van der Waals surface area contributed by atoms with E-state index in [0.29, 0.717) is 0 Å². The van der Waals surface area contributed by atoms with Gasteiger partial charge in [-0.3, -0.25) is 0 Å². The molecule has 0 aromatic heterocycles. The molecule has 0 N–H and O–H groups in total. The predicted octanol–water partition coefficient (Wildman–Crippen LogP) is -7.09. The second-order valence-electron chi connectivity index (χ2n) is 1.90. The van der Waals surface area contributed by atoms with E-state index in [0.717, 1.165) is 10.5 Å². The van der Waals surface area contributed by atoms with Gasteiger partial charge in [0.15, 0.2) is 10.5 Å². The van der Waals surface area contributed by atoms with E-state index in [1.165, 1.54) is 10.5 Å². The first kappa shape index (κ1) is 14.3. The highest BCUT2D eigenvalue weighted by Crippen LogP contribution is 1.74. The second kappa shape index (κ2) is 13.3. The molecule has 0 spiro atoms. The summed E-state index contributed by atoms with van der Waals surface area (Å²) in [7, 11) is -1.61.